The molecule has 248 valence electrons. The molecule has 0 saturated carbocycles. The number of anilines is 6. The number of nitrogens with zero attached hydrogens (tertiary/aromatic N) is 2. The first-order chi connectivity index (χ1) is 23.7. The lowest BCUT2D eigenvalue weighted by Gasteiger charge is -2.28. The van der Waals surface area contributed by atoms with Crippen molar-refractivity contribution in [1.29, 1.82) is 0 Å². The average molecular weight is 643 g/mol. The molecule has 0 aliphatic rings. The van der Waals surface area contributed by atoms with Crippen LogP contribution >= 0.6 is 0 Å². The minimum Gasteiger partial charge on any atom is -0.311 e. The minimum atomic E-state index is 0.154. The SMILES string of the molecule is CCCC(C)(C)c1ccc(N(c2ccccc2)c2ccc(-c3ccc(N(c4ccccc4)c4ccc(C(C)(C)CC)cc4)cc3)cc2)cc1. The molecule has 0 unspecified atom stereocenters. The second-order valence-corrected chi connectivity index (χ2v) is 14.4. The van der Waals surface area contributed by atoms with Gasteiger partial charge in [-0.05, 0) is 119 Å². The average Bonchev–Trinajstić information content (AvgIpc) is 3.14. The third-order valence-corrected chi connectivity index (χ3v) is 10.2. The van der Waals surface area contributed by atoms with E-state index in [-0.39, 0.29) is 10.8 Å². The second kappa shape index (κ2) is 14.6. The van der Waals surface area contributed by atoms with Gasteiger partial charge in [-0.1, -0.05) is 133 Å². The zero-order chi connectivity index (χ0) is 34.4. The Morgan fingerprint density at radius 2 is 0.673 bits per heavy atom. The molecule has 0 bridgehead atoms. The molecule has 0 amide bonds. The van der Waals surface area contributed by atoms with E-state index in [0.29, 0.717) is 0 Å². The molecule has 6 aromatic carbocycles. The van der Waals surface area contributed by atoms with Gasteiger partial charge >= 0.3 is 0 Å². The Kier molecular flexibility index (Phi) is 10.1. The van der Waals surface area contributed by atoms with E-state index in [1.54, 1.807) is 0 Å². The van der Waals surface area contributed by atoms with Crippen LogP contribution in [0.2, 0.25) is 0 Å². The van der Waals surface area contributed by atoms with Crippen LogP contribution in [0.3, 0.4) is 0 Å². The number of rotatable bonds is 12. The van der Waals surface area contributed by atoms with Gasteiger partial charge in [-0.2, -0.15) is 0 Å². The summed E-state index contributed by atoms with van der Waals surface area (Å²) >= 11 is 0. The Balaban J connectivity index is 1.29. The quantitative estimate of drug-likeness (QED) is 0.131. The van der Waals surface area contributed by atoms with Crippen molar-refractivity contribution >= 4 is 34.1 Å². The van der Waals surface area contributed by atoms with Crippen molar-refractivity contribution in [2.45, 2.75) is 71.6 Å². The first-order valence-electron chi connectivity index (χ1n) is 17.8. The lowest BCUT2D eigenvalue weighted by Crippen LogP contribution is -2.17. The normalized spacial score (nSPS) is 11.7. The van der Waals surface area contributed by atoms with Crippen molar-refractivity contribution in [2.75, 3.05) is 9.80 Å². The maximum Gasteiger partial charge on any atom is 0.0462 e. The van der Waals surface area contributed by atoms with E-state index in [1.165, 1.54) is 35.1 Å². The fourth-order valence-corrected chi connectivity index (χ4v) is 6.75. The molecule has 0 atom stereocenters. The molecule has 0 spiro atoms. The minimum absolute atomic E-state index is 0.154. The van der Waals surface area contributed by atoms with Crippen LogP contribution in [0.4, 0.5) is 34.1 Å². The molecule has 2 heteroatoms. The van der Waals surface area contributed by atoms with Crippen LogP contribution in [0.5, 0.6) is 0 Å². The summed E-state index contributed by atoms with van der Waals surface area (Å²) in [6, 6.07) is 57.4. The van der Waals surface area contributed by atoms with Gasteiger partial charge in [-0.3, -0.25) is 0 Å². The van der Waals surface area contributed by atoms with E-state index >= 15 is 0 Å². The zero-order valence-corrected chi connectivity index (χ0v) is 30.0. The zero-order valence-electron chi connectivity index (χ0n) is 30.0. The Morgan fingerprint density at radius 3 is 1.00 bits per heavy atom. The van der Waals surface area contributed by atoms with Crippen LogP contribution in [0.15, 0.2) is 158 Å². The van der Waals surface area contributed by atoms with E-state index in [0.717, 1.165) is 40.5 Å². The highest BCUT2D eigenvalue weighted by atomic mass is 15.1. The lowest BCUT2D eigenvalue weighted by molar-refractivity contribution is 0.473. The van der Waals surface area contributed by atoms with E-state index < -0.39 is 0 Å². The van der Waals surface area contributed by atoms with Crippen molar-refractivity contribution < 1.29 is 0 Å². The van der Waals surface area contributed by atoms with E-state index in [2.05, 4.69) is 209 Å². The van der Waals surface area contributed by atoms with Crippen LogP contribution < -0.4 is 9.80 Å². The number of benzene rings is 6. The topological polar surface area (TPSA) is 6.48 Å². The fourth-order valence-electron chi connectivity index (χ4n) is 6.75. The lowest BCUT2D eigenvalue weighted by atomic mass is 9.81. The van der Waals surface area contributed by atoms with Crippen molar-refractivity contribution in [1.82, 2.24) is 0 Å². The monoisotopic (exact) mass is 642 g/mol. The number of para-hydroxylation sites is 2. The maximum atomic E-state index is 2.34. The largest absolute Gasteiger partial charge is 0.311 e. The summed E-state index contributed by atoms with van der Waals surface area (Å²) in [6.07, 6.45) is 3.45. The molecule has 0 aliphatic carbocycles. The highest BCUT2D eigenvalue weighted by Crippen LogP contribution is 2.39. The molecule has 6 rings (SSSR count). The predicted octanol–water partition coefficient (Wildman–Crippen LogP) is 14.1. The number of hydrogen-bond acceptors (Lipinski definition) is 2. The van der Waals surface area contributed by atoms with E-state index in [9.17, 15) is 0 Å². The standard InChI is InChI=1S/C47H50N2/c1-7-35-47(5,6)39-25-33-45(34-26-39)49(41-17-13-10-14-18-41)43-29-21-37(22-30-43)36-19-27-42(28-20-36)48(40-15-11-9-12-16-40)44-31-23-38(24-32-44)46(3,4)8-2/h9-34H,7-8,35H2,1-6H3. The van der Waals surface area contributed by atoms with Gasteiger partial charge in [-0.15, -0.1) is 0 Å². The maximum absolute atomic E-state index is 2.34. The van der Waals surface area contributed by atoms with E-state index in [1.807, 2.05) is 0 Å². The van der Waals surface area contributed by atoms with E-state index in [4.69, 9.17) is 0 Å². The molecule has 0 fully saturated rings. The van der Waals surface area contributed by atoms with Crippen LogP contribution in [0.1, 0.15) is 71.9 Å². The second-order valence-electron chi connectivity index (χ2n) is 14.4. The fraction of sp³-hybridized carbons (Fsp3) is 0.234. The van der Waals surface area contributed by atoms with Crippen molar-refractivity contribution in [2.24, 2.45) is 0 Å². The molecule has 2 nitrogen and oxygen atoms in total. The molecule has 0 heterocycles. The molecular formula is C47H50N2. The van der Waals surface area contributed by atoms with Gasteiger partial charge in [-0.25, -0.2) is 0 Å². The smallest absolute Gasteiger partial charge is 0.0462 e. The summed E-state index contributed by atoms with van der Waals surface area (Å²) < 4.78 is 0. The van der Waals surface area contributed by atoms with Crippen molar-refractivity contribution in [3.8, 4) is 11.1 Å². The van der Waals surface area contributed by atoms with Gasteiger partial charge in [0, 0.05) is 34.1 Å². The van der Waals surface area contributed by atoms with Crippen LogP contribution in [0.25, 0.3) is 11.1 Å². The molecule has 0 aliphatic heterocycles. The summed E-state index contributed by atoms with van der Waals surface area (Å²) in [7, 11) is 0. The molecule has 0 aromatic heterocycles. The first kappa shape index (κ1) is 33.8. The third kappa shape index (κ3) is 7.50. The molecular weight excluding hydrogens is 593 g/mol. The van der Waals surface area contributed by atoms with Crippen LogP contribution in [0, 0.1) is 0 Å². The predicted molar refractivity (Wildman–Crippen MR) is 212 cm³/mol. The Hall–Kier alpha value is -5.08. The Bertz CT molecular complexity index is 1900. The van der Waals surface area contributed by atoms with Crippen LogP contribution in [-0.2, 0) is 10.8 Å². The Morgan fingerprint density at radius 1 is 0.367 bits per heavy atom. The van der Waals surface area contributed by atoms with Gasteiger partial charge in [0.2, 0.25) is 0 Å². The Labute approximate surface area is 294 Å². The number of hydrogen-bond donors (Lipinski definition) is 0. The highest BCUT2D eigenvalue weighted by Gasteiger charge is 2.21. The summed E-state index contributed by atoms with van der Waals surface area (Å²) in [5, 5.41) is 0. The highest BCUT2D eigenvalue weighted by molar-refractivity contribution is 5.80. The first-order valence-corrected chi connectivity index (χ1v) is 17.8. The molecule has 0 saturated heterocycles. The molecule has 49 heavy (non-hydrogen) atoms. The van der Waals surface area contributed by atoms with Gasteiger partial charge in [0.1, 0.15) is 0 Å². The molecule has 0 N–H and O–H groups in total. The third-order valence-electron chi connectivity index (χ3n) is 10.2. The van der Waals surface area contributed by atoms with Gasteiger partial charge < -0.3 is 9.80 Å². The summed E-state index contributed by atoms with van der Waals surface area (Å²) in [6.45, 7) is 13.8. The molecule has 6 aromatic rings. The van der Waals surface area contributed by atoms with Crippen molar-refractivity contribution in [3.05, 3.63) is 169 Å². The van der Waals surface area contributed by atoms with Gasteiger partial charge in [0.15, 0.2) is 0 Å². The summed E-state index contributed by atoms with van der Waals surface area (Å²) in [4.78, 5) is 4.68. The van der Waals surface area contributed by atoms with Crippen LogP contribution in [-0.4, -0.2) is 0 Å². The van der Waals surface area contributed by atoms with Crippen molar-refractivity contribution in [3.63, 3.8) is 0 Å². The van der Waals surface area contributed by atoms with Gasteiger partial charge in [0.05, 0.1) is 0 Å². The van der Waals surface area contributed by atoms with Gasteiger partial charge in [0.25, 0.3) is 0 Å². The summed E-state index contributed by atoms with van der Waals surface area (Å²) in [5.74, 6) is 0. The summed E-state index contributed by atoms with van der Waals surface area (Å²) in [5.41, 5.74) is 12.3. The molecule has 0 radical (unpaired) electrons.